The van der Waals surface area contributed by atoms with Gasteiger partial charge in [-0.05, 0) is 85.8 Å². The van der Waals surface area contributed by atoms with Gasteiger partial charge in [0.15, 0.2) is 0 Å². The van der Waals surface area contributed by atoms with E-state index < -0.39 is 10.0 Å². The molecule has 6 atom stereocenters. The molecule has 3 aliphatic carbocycles. The first-order valence-electron chi connectivity index (χ1n) is 14.6. The van der Waals surface area contributed by atoms with Gasteiger partial charge in [-0.1, -0.05) is 56.3 Å². The molecule has 3 saturated carbocycles. The summed E-state index contributed by atoms with van der Waals surface area (Å²) in [6.07, 6.45) is 9.09. The molecule has 1 spiro atoms. The highest BCUT2D eigenvalue weighted by atomic mass is 32.2. The molecule has 0 N–H and O–H groups in total. The summed E-state index contributed by atoms with van der Waals surface area (Å²) in [4.78, 5) is 13.8. The lowest BCUT2D eigenvalue weighted by Crippen LogP contribution is -2.44. The van der Waals surface area contributed by atoms with Crippen molar-refractivity contribution in [2.24, 2.45) is 22.7 Å². The summed E-state index contributed by atoms with van der Waals surface area (Å²) >= 11 is 0. The average molecular weight is 534 g/mol. The first-order valence-corrected chi connectivity index (χ1v) is 16.2. The molecule has 6 heteroatoms. The lowest BCUT2D eigenvalue weighted by atomic mass is 9.69. The molecule has 2 heterocycles. The zero-order valence-electron chi connectivity index (χ0n) is 22.6. The molecule has 4 unspecified atom stereocenters. The summed E-state index contributed by atoms with van der Waals surface area (Å²) in [6, 6.07) is 16.7. The molecule has 1 saturated heterocycles. The van der Waals surface area contributed by atoms with Crippen molar-refractivity contribution in [3.63, 3.8) is 0 Å². The number of aryl methyl sites for hydroxylation is 1. The van der Waals surface area contributed by atoms with Crippen molar-refractivity contribution >= 4 is 15.9 Å². The molecular formula is C32H39NO4S. The van der Waals surface area contributed by atoms with Crippen LogP contribution in [-0.4, -0.2) is 36.5 Å². The molecule has 5 nitrogen and oxygen atoms in total. The second-order valence-corrected chi connectivity index (χ2v) is 15.0. The number of ether oxygens (including phenoxy) is 1. The van der Waals surface area contributed by atoms with Crippen LogP contribution in [0.15, 0.2) is 48.5 Å². The van der Waals surface area contributed by atoms with Crippen LogP contribution >= 0.6 is 0 Å². The van der Waals surface area contributed by atoms with E-state index in [4.69, 9.17) is 4.74 Å². The number of unbranched alkanes of at least 4 members (excludes halogenated alkanes) is 1. The fraction of sp³-hybridized carbons (Fsp3) is 0.594. The maximum atomic E-state index is 13.8. The van der Waals surface area contributed by atoms with E-state index in [1.807, 2.05) is 12.1 Å². The van der Waals surface area contributed by atoms with E-state index in [0.717, 1.165) is 63.5 Å². The van der Waals surface area contributed by atoms with Crippen LogP contribution in [-0.2, 0) is 27.7 Å². The Kier molecular flexibility index (Phi) is 5.57. The van der Waals surface area contributed by atoms with Gasteiger partial charge < -0.3 is 4.74 Å². The third kappa shape index (κ3) is 3.61. The average Bonchev–Trinajstić information content (AvgIpc) is 3.35. The Bertz CT molecular complexity index is 1370. The Balaban J connectivity index is 1.02. The van der Waals surface area contributed by atoms with Crippen molar-refractivity contribution in [3.8, 4) is 5.75 Å². The normalized spacial score (nSPS) is 35.1. The predicted molar refractivity (Wildman–Crippen MR) is 147 cm³/mol. The lowest BCUT2D eigenvalue weighted by molar-refractivity contribution is -0.130. The summed E-state index contributed by atoms with van der Waals surface area (Å²) in [6.45, 7) is 4.47. The smallest absolute Gasteiger partial charge is 0.240 e. The monoisotopic (exact) mass is 533 g/mol. The molecule has 1 amide bonds. The minimum atomic E-state index is -3.57. The van der Waals surface area contributed by atoms with Gasteiger partial charge in [-0.2, -0.15) is 0 Å². The summed E-state index contributed by atoms with van der Waals surface area (Å²) in [5, 5.41) is 0. The maximum absolute atomic E-state index is 13.8. The number of nitrogens with zero attached hydrogens (tertiary/aromatic N) is 1. The Morgan fingerprint density at radius 3 is 2.66 bits per heavy atom. The van der Waals surface area contributed by atoms with Crippen LogP contribution < -0.4 is 4.74 Å². The Labute approximate surface area is 227 Å². The van der Waals surface area contributed by atoms with Gasteiger partial charge in [0.1, 0.15) is 11.9 Å². The zero-order chi connectivity index (χ0) is 26.3. The van der Waals surface area contributed by atoms with E-state index in [2.05, 4.69) is 50.2 Å². The summed E-state index contributed by atoms with van der Waals surface area (Å²) in [7, 11) is -3.57. The lowest BCUT2D eigenvalue weighted by Gasteiger charge is -2.37. The zero-order valence-corrected chi connectivity index (χ0v) is 23.4. The number of hydrogen-bond acceptors (Lipinski definition) is 4. The van der Waals surface area contributed by atoms with Crippen LogP contribution in [0.4, 0.5) is 0 Å². The number of carbonyl (C=O) groups excluding carboxylic acids is 1. The standard InChI is InChI=1S/C32H39NO4S/c1-31(2)22-15-16-32(31)20-38(35,36)33(29(32)17-22)30(34)27-19-25(27)24-13-8-14-28-26(24)18-23(37-28)12-7-6-11-21-9-4-3-5-10-21/h3-5,8-10,13-14,22-23,25,27,29H,6-7,11-12,15-20H2,1-2H3/t22?,23-,25?,27-,29?,32?/m1/s1. The Hall–Kier alpha value is -2.34. The minimum absolute atomic E-state index is 0.0174. The molecule has 2 aliphatic heterocycles. The second kappa shape index (κ2) is 8.58. The molecule has 2 aromatic carbocycles. The van der Waals surface area contributed by atoms with Gasteiger partial charge >= 0.3 is 0 Å². The van der Waals surface area contributed by atoms with Crippen molar-refractivity contribution in [2.45, 2.75) is 89.7 Å². The molecule has 0 aromatic heterocycles. The van der Waals surface area contributed by atoms with Crippen molar-refractivity contribution in [3.05, 3.63) is 65.2 Å². The molecular weight excluding hydrogens is 494 g/mol. The first-order chi connectivity index (χ1) is 18.2. The van der Waals surface area contributed by atoms with E-state index >= 15 is 0 Å². The van der Waals surface area contributed by atoms with Crippen LogP contribution in [0.25, 0.3) is 0 Å². The summed E-state index contributed by atoms with van der Waals surface area (Å²) in [5.74, 6) is 1.37. The largest absolute Gasteiger partial charge is 0.490 e. The van der Waals surface area contributed by atoms with Crippen molar-refractivity contribution in [1.29, 1.82) is 0 Å². The van der Waals surface area contributed by atoms with Crippen molar-refractivity contribution < 1.29 is 17.9 Å². The number of fused-ring (bicyclic) bond motifs is 2. The number of carbonyl (C=O) groups is 1. The number of sulfonamides is 1. The van der Waals surface area contributed by atoms with Gasteiger partial charge in [-0.3, -0.25) is 4.79 Å². The van der Waals surface area contributed by atoms with Gasteiger partial charge in [0.25, 0.3) is 0 Å². The SMILES string of the molecule is CC1(C)C2CCC13CS(=O)(=O)N(C(=O)[C@@H]1CC1c1cccc4c1C[C@@H](CCCCc1ccccc1)O4)C3C2. The van der Waals surface area contributed by atoms with Crippen LogP contribution in [0.1, 0.15) is 81.4 Å². The van der Waals surface area contributed by atoms with Gasteiger partial charge in [0, 0.05) is 23.3 Å². The molecule has 38 heavy (non-hydrogen) atoms. The summed E-state index contributed by atoms with van der Waals surface area (Å²) < 4.78 is 34.5. The third-order valence-electron chi connectivity index (χ3n) is 11.1. The molecule has 7 rings (SSSR count). The van der Waals surface area contributed by atoms with Gasteiger partial charge in [-0.15, -0.1) is 0 Å². The molecule has 0 radical (unpaired) electrons. The first kappa shape index (κ1) is 24.7. The van der Waals surface area contributed by atoms with Crippen LogP contribution in [0.5, 0.6) is 5.75 Å². The quantitative estimate of drug-likeness (QED) is 0.418. The highest BCUT2D eigenvalue weighted by molar-refractivity contribution is 7.90. The van der Waals surface area contributed by atoms with Crippen molar-refractivity contribution in [2.75, 3.05) is 5.75 Å². The highest BCUT2D eigenvalue weighted by Crippen LogP contribution is 2.70. The fourth-order valence-electron chi connectivity index (χ4n) is 8.77. The fourth-order valence-corrected chi connectivity index (χ4v) is 11.4. The van der Waals surface area contributed by atoms with E-state index in [-0.39, 0.29) is 46.5 Å². The number of amides is 1. The van der Waals surface area contributed by atoms with Crippen LogP contribution in [0.3, 0.4) is 0 Å². The van der Waals surface area contributed by atoms with Gasteiger partial charge in [-0.25, -0.2) is 12.7 Å². The van der Waals surface area contributed by atoms with Gasteiger partial charge in [0.05, 0.1) is 11.8 Å². The summed E-state index contributed by atoms with van der Waals surface area (Å²) in [5.41, 5.74) is 3.55. The number of hydrogen-bond donors (Lipinski definition) is 0. The van der Waals surface area contributed by atoms with E-state index in [0.29, 0.717) is 5.92 Å². The Morgan fingerprint density at radius 2 is 1.87 bits per heavy atom. The van der Waals surface area contributed by atoms with E-state index in [1.165, 1.54) is 21.0 Å². The number of rotatable bonds is 7. The van der Waals surface area contributed by atoms with Crippen LogP contribution in [0.2, 0.25) is 0 Å². The minimum Gasteiger partial charge on any atom is -0.490 e. The molecule has 4 fully saturated rings. The number of benzene rings is 2. The van der Waals surface area contributed by atoms with Crippen LogP contribution in [0, 0.1) is 22.7 Å². The predicted octanol–water partition coefficient (Wildman–Crippen LogP) is 5.87. The molecule has 2 bridgehead atoms. The molecule has 5 aliphatic rings. The van der Waals surface area contributed by atoms with Gasteiger partial charge in [0.2, 0.25) is 15.9 Å². The third-order valence-corrected chi connectivity index (χ3v) is 13.0. The molecule has 202 valence electrons. The van der Waals surface area contributed by atoms with E-state index in [1.54, 1.807) is 0 Å². The topological polar surface area (TPSA) is 63.7 Å². The van der Waals surface area contributed by atoms with Crippen molar-refractivity contribution in [1.82, 2.24) is 4.31 Å². The second-order valence-electron chi connectivity index (χ2n) is 13.2. The highest BCUT2D eigenvalue weighted by Gasteiger charge is 2.73. The molecule has 2 aromatic rings. The Morgan fingerprint density at radius 1 is 1.05 bits per heavy atom. The van der Waals surface area contributed by atoms with E-state index in [9.17, 15) is 13.2 Å². The maximum Gasteiger partial charge on any atom is 0.240 e.